The number of ether oxygens (including phenoxy) is 1. The molecule has 1 atom stereocenters. The fourth-order valence-corrected chi connectivity index (χ4v) is 2.58. The lowest BCUT2D eigenvalue weighted by Gasteiger charge is -2.20. The maximum absolute atomic E-state index is 14.4. The van der Waals surface area contributed by atoms with Crippen LogP contribution in [0.2, 0.25) is 0 Å². The Kier molecular flexibility index (Phi) is 4.10. The first-order valence-electron chi connectivity index (χ1n) is 6.94. The predicted octanol–water partition coefficient (Wildman–Crippen LogP) is 3.80. The first-order valence-corrected chi connectivity index (χ1v) is 6.94. The molecular weight excluding hydrogens is 279 g/mol. The Hall–Kier alpha value is -2.75. The quantitative estimate of drug-likeness (QED) is 0.734. The van der Waals surface area contributed by atoms with Gasteiger partial charge in [0.15, 0.2) is 0 Å². The third-order valence-corrected chi connectivity index (χ3v) is 3.56. The third kappa shape index (κ3) is 2.68. The van der Waals surface area contributed by atoms with Crippen molar-refractivity contribution in [3.8, 4) is 5.88 Å². The van der Waals surface area contributed by atoms with E-state index in [1.54, 1.807) is 25.4 Å². The van der Waals surface area contributed by atoms with E-state index in [0.29, 0.717) is 11.4 Å². The smallest absolute Gasteiger partial charge is 0.220 e. The van der Waals surface area contributed by atoms with Gasteiger partial charge in [-0.3, -0.25) is 0 Å². The second-order valence-electron chi connectivity index (χ2n) is 4.85. The predicted molar refractivity (Wildman–Crippen MR) is 82.4 cm³/mol. The zero-order chi connectivity index (χ0) is 15.4. The van der Waals surface area contributed by atoms with Gasteiger partial charge < -0.3 is 4.74 Å². The van der Waals surface area contributed by atoms with Crippen molar-refractivity contribution >= 4 is 0 Å². The normalized spacial score (nSPS) is 11.9. The summed E-state index contributed by atoms with van der Waals surface area (Å²) < 4.78 is 19.7. The van der Waals surface area contributed by atoms with E-state index in [4.69, 9.17) is 4.74 Å². The molecule has 0 N–H and O–H groups in total. The molecule has 0 saturated heterocycles. The van der Waals surface area contributed by atoms with E-state index in [-0.39, 0.29) is 11.7 Å². The average Bonchev–Trinajstić information content (AvgIpc) is 2.58. The largest absolute Gasteiger partial charge is 0.481 e. The van der Waals surface area contributed by atoms with Crippen LogP contribution in [0.3, 0.4) is 0 Å². The average molecular weight is 294 g/mol. The van der Waals surface area contributed by atoms with Gasteiger partial charge in [-0.2, -0.15) is 0 Å². The molecule has 0 aliphatic heterocycles. The van der Waals surface area contributed by atoms with Gasteiger partial charge in [0.2, 0.25) is 5.88 Å². The van der Waals surface area contributed by atoms with Crippen LogP contribution in [0.1, 0.15) is 22.6 Å². The third-order valence-electron chi connectivity index (χ3n) is 3.56. The summed E-state index contributed by atoms with van der Waals surface area (Å²) in [5.74, 6) is -0.132. The molecule has 2 aromatic carbocycles. The van der Waals surface area contributed by atoms with Crippen LogP contribution in [0.5, 0.6) is 5.88 Å². The van der Waals surface area contributed by atoms with Gasteiger partial charge in [-0.05, 0) is 17.2 Å². The van der Waals surface area contributed by atoms with Crippen LogP contribution in [0, 0.1) is 5.82 Å². The van der Waals surface area contributed by atoms with E-state index in [1.807, 2.05) is 36.4 Å². The van der Waals surface area contributed by atoms with Crippen molar-refractivity contribution in [3.63, 3.8) is 0 Å². The van der Waals surface area contributed by atoms with E-state index >= 15 is 0 Å². The van der Waals surface area contributed by atoms with Gasteiger partial charge in [0.1, 0.15) is 12.1 Å². The summed E-state index contributed by atoms with van der Waals surface area (Å²) >= 11 is 0. The fraction of sp³-hybridized carbons (Fsp3) is 0.111. The minimum atomic E-state index is -0.321. The molecule has 0 fully saturated rings. The first-order chi connectivity index (χ1) is 10.8. The highest BCUT2D eigenvalue weighted by atomic mass is 19.1. The van der Waals surface area contributed by atoms with Gasteiger partial charge in [0, 0.05) is 17.7 Å². The summed E-state index contributed by atoms with van der Waals surface area (Å²) in [6, 6.07) is 16.5. The van der Waals surface area contributed by atoms with Crippen molar-refractivity contribution < 1.29 is 9.13 Å². The lowest BCUT2D eigenvalue weighted by atomic mass is 9.86. The van der Waals surface area contributed by atoms with Crippen molar-refractivity contribution in [2.75, 3.05) is 7.11 Å². The van der Waals surface area contributed by atoms with Crippen LogP contribution >= 0.6 is 0 Å². The molecule has 0 aliphatic carbocycles. The molecule has 0 spiro atoms. The number of nitrogens with zero attached hydrogens (tertiary/aromatic N) is 2. The first kappa shape index (κ1) is 14.2. The summed E-state index contributed by atoms with van der Waals surface area (Å²) in [6.07, 6.45) is 3.10. The molecule has 0 aliphatic rings. The zero-order valence-electron chi connectivity index (χ0n) is 12.1. The second-order valence-corrected chi connectivity index (χ2v) is 4.85. The van der Waals surface area contributed by atoms with Gasteiger partial charge in [-0.15, -0.1) is 0 Å². The molecule has 0 amide bonds. The molecule has 0 bridgehead atoms. The second kappa shape index (κ2) is 6.35. The monoisotopic (exact) mass is 294 g/mol. The minimum Gasteiger partial charge on any atom is -0.481 e. The van der Waals surface area contributed by atoms with Crippen LogP contribution in [0.15, 0.2) is 67.1 Å². The highest BCUT2D eigenvalue weighted by molar-refractivity contribution is 5.46. The summed E-state index contributed by atoms with van der Waals surface area (Å²) in [7, 11) is 1.55. The van der Waals surface area contributed by atoms with E-state index in [9.17, 15) is 4.39 Å². The van der Waals surface area contributed by atoms with Crippen LogP contribution in [0.4, 0.5) is 4.39 Å². The number of hydrogen-bond acceptors (Lipinski definition) is 3. The molecule has 0 saturated carbocycles. The van der Waals surface area contributed by atoms with E-state index in [0.717, 1.165) is 11.1 Å². The molecular formula is C18H15FN2O. The Morgan fingerprint density at radius 1 is 0.955 bits per heavy atom. The minimum absolute atomic E-state index is 0.262. The molecule has 110 valence electrons. The zero-order valence-corrected chi connectivity index (χ0v) is 12.1. The molecule has 22 heavy (non-hydrogen) atoms. The van der Waals surface area contributed by atoms with Crippen molar-refractivity contribution in [1.82, 2.24) is 9.97 Å². The van der Waals surface area contributed by atoms with Crippen molar-refractivity contribution in [1.29, 1.82) is 0 Å². The lowest BCUT2D eigenvalue weighted by molar-refractivity contribution is 0.390. The SMILES string of the molecule is COc1ncncc1C(c1ccccc1)c1ccccc1F. The van der Waals surface area contributed by atoms with Gasteiger partial charge in [-0.1, -0.05) is 48.5 Å². The maximum Gasteiger partial charge on any atom is 0.220 e. The van der Waals surface area contributed by atoms with Gasteiger partial charge in [-0.25, -0.2) is 14.4 Å². The molecule has 3 rings (SSSR count). The summed E-state index contributed by atoms with van der Waals surface area (Å²) in [6.45, 7) is 0. The van der Waals surface area contributed by atoms with E-state index < -0.39 is 0 Å². The molecule has 1 unspecified atom stereocenters. The molecule has 4 heteroatoms. The summed E-state index contributed by atoms with van der Waals surface area (Å²) in [5, 5.41) is 0. The summed E-state index contributed by atoms with van der Waals surface area (Å²) in [4.78, 5) is 8.22. The highest BCUT2D eigenvalue weighted by Crippen LogP contribution is 2.36. The number of benzene rings is 2. The molecule has 1 heterocycles. The Labute approximate surface area is 128 Å². The Balaban J connectivity index is 2.22. The van der Waals surface area contributed by atoms with E-state index in [2.05, 4.69) is 9.97 Å². The summed E-state index contributed by atoms with van der Waals surface area (Å²) in [5.41, 5.74) is 2.27. The number of halogens is 1. The number of aromatic nitrogens is 2. The Bertz CT molecular complexity index is 762. The number of rotatable bonds is 4. The Morgan fingerprint density at radius 2 is 1.68 bits per heavy atom. The highest BCUT2D eigenvalue weighted by Gasteiger charge is 2.23. The molecule has 3 aromatic rings. The van der Waals surface area contributed by atoms with Crippen molar-refractivity contribution in [2.45, 2.75) is 5.92 Å². The Morgan fingerprint density at radius 3 is 2.41 bits per heavy atom. The van der Waals surface area contributed by atoms with E-state index in [1.165, 1.54) is 12.4 Å². The van der Waals surface area contributed by atoms with Crippen LogP contribution in [-0.4, -0.2) is 17.1 Å². The molecule has 0 radical (unpaired) electrons. The van der Waals surface area contributed by atoms with Crippen LogP contribution in [-0.2, 0) is 0 Å². The van der Waals surface area contributed by atoms with Crippen LogP contribution < -0.4 is 4.74 Å². The number of methoxy groups -OCH3 is 1. The maximum atomic E-state index is 14.4. The lowest BCUT2D eigenvalue weighted by Crippen LogP contribution is -2.08. The topological polar surface area (TPSA) is 35.0 Å². The number of hydrogen-bond donors (Lipinski definition) is 0. The molecule has 3 nitrogen and oxygen atoms in total. The van der Waals surface area contributed by atoms with Gasteiger partial charge in [0.25, 0.3) is 0 Å². The van der Waals surface area contributed by atoms with Gasteiger partial charge >= 0.3 is 0 Å². The van der Waals surface area contributed by atoms with Crippen LogP contribution in [0.25, 0.3) is 0 Å². The fourth-order valence-electron chi connectivity index (χ4n) is 2.58. The standard InChI is InChI=1S/C18H15FN2O/c1-22-18-15(11-20-12-21-18)17(13-7-3-2-4-8-13)14-9-5-6-10-16(14)19/h2-12,17H,1H3. The van der Waals surface area contributed by atoms with Gasteiger partial charge in [0.05, 0.1) is 7.11 Å². The molecule has 1 aromatic heterocycles. The van der Waals surface area contributed by atoms with Crippen molar-refractivity contribution in [3.05, 3.63) is 89.6 Å². The van der Waals surface area contributed by atoms with Crippen molar-refractivity contribution in [2.24, 2.45) is 0 Å².